The molecule has 3 rings (SSSR count). The molecule has 2 unspecified atom stereocenters. The zero-order chi connectivity index (χ0) is 14.8. The Kier molecular flexibility index (Phi) is 4.19. The molecule has 0 fully saturated rings. The highest BCUT2D eigenvalue weighted by Crippen LogP contribution is 2.42. The summed E-state index contributed by atoms with van der Waals surface area (Å²) in [6.45, 7) is 2.01. The summed E-state index contributed by atoms with van der Waals surface area (Å²) in [5.74, 6) is 0.379. The molecule has 0 saturated carbocycles. The lowest BCUT2D eigenvalue weighted by atomic mass is 10.1. The number of Topliss-reactive ketones (excluding diaryl/α,β-unsaturated/α-hetero) is 1. The summed E-state index contributed by atoms with van der Waals surface area (Å²) in [5, 5.41) is 1.10. The molecule has 0 spiro atoms. The Labute approximate surface area is 127 Å². The summed E-state index contributed by atoms with van der Waals surface area (Å²) in [5.41, 5.74) is 3.36. The van der Waals surface area contributed by atoms with Gasteiger partial charge in [-0.1, -0.05) is 55.5 Å². The van der Waals surface area contributed by atoms with Crippen LogP contribution in [-0.2, 0) is 17.1 Å². The minimum absolute atomic E-state index is 0.103. The number of ketones is 1. The molecule has 2 aromatic rings. The van der Waals surface area contributed by atoms with E-state index in [0.29, 0.717) is 0 Å². The molecule has 2 aromatic carbocycles. The van der Waals surface area contributed by atoms with Crippen LogP contribution < -0.4 is 5.30 Å². The van der Waals surface area contributed by atoms with E-state index in [1.807, 2.05) is 25.1 Å². The number of hydrogen-bond donors (Lipinski definition) is 0. The van der Waals surface area contributed by atoms with Gasteiger partial charge in [0, 0.05) is 30.1 Å². The van der Waals surface area contributed by atoms with Gasteiger partial charge in [-0.05, 0) is 17.5 Å². The van der Waals surface area contributed by atoms with Crippen LogP contribution in [0.5, 0.6) is 0 Å². The molecular formula is C18H19O2P. The van der Waals surface area contributed by atoms with Gasteiger partial charge in [0.2, 0.25) is 0 Å². The zero-order valence-corrected chi connectivity index (χ0v) is 13.3. The molecule has 0 radical (unpaired) electrons. The Hall–Kier alpha value is -1.50. The molecule has 1 aliphatic carbocycles. The summed E-state index contributed by atoms with van der Waals surface area (Å²) in [6.07, 6.45) is 1.71. The highest BCUT2D eigenvalue weighted by atomic mass is 31.1. The Morgan fingerprint density at radius 2 is 1.90 bits per heavy atom. The molecule has 108 valence electrons. The minimum atomic E-state index is -0.799. The van der Waals surface area contributed by atoms with Crippen LogP contribution in [0.4, 0.5) is 0 Å². The quantitative estimate of drug-likeness (QED) is 0.799. The van der Waals surface area contributed by atoms with Crippen molar-refractivity contribution >= 4 is 19.2 Å². The predicted octanol–water partition coefficient (Wildman–Crippen LogP) is 3.93. The van der Waals surface area contributed by atoms with E-state index in [1.54, 1.807) is 7.11 Å². The molecule has 0 aromatic heterocycles. The minimum Gasteiger partial charge on any atom is -0.357 e. The van der Waals surface area contributed by atoms with E-state index in [-0.39, 0.29) is 11.7 Å². The van der Waals surface area contributed by atoms with Gasteiger partial charge >= 0.3 is 0 Å². The van der Waals surface area contributed by atoms with Crippen molar-refractivity contribution in [1.29, 1.82) is 0 Å². The lowest BCUT2D eigenvalue weighted by Gasteiger charge is -2.18. The number of hydrogen-bond acceptors (Lipinski definition) is 2. The van der Waals surface area contributed by atoms with Gasteiger partial charge < -0.3 is 4.52 Å². The zero-order valence-electron chi connectivity index (χ0n) is 12.4. The van der Waals surface area contributed by atoms with Crippen molar-refractivity contribution in [3.05, 3.63) is 65.2 Å². The van der Waals surface area contributed by atoms with Gasteiger partial charge in [-0.2, -0.15) is 0 Å². The Morgan fingerprint density at radius 1 is 1.14 bits per heavy atom. The third-order valence-corrected chi connectivity index (χ3v) is 6.01. The SMILES string of the molecule is COP(Cc1ccccc1)c1cccc2c1C(=O)C(C)C2. The van der Waals surface area contributed by atoms with Crippen molar-refractivity contribution in [2.75, 3.05) is 7.11 Å². The monoisotopic (exact) mass is 298 g/mol. The van der Waals surface area contributed by atoms with E-state index in [0.717, 1.165) is 23.5 Å². The largest absolute Gasteiger partial charge is 0.357 e. The second-order valence-electron chi connectivity index (χ2n) is 5.49. The maximum absolute atomic E-state index is 12.4. The maximum atomic E-state index is 12.4. The summed E-state index contributed by atoms with van der Waals surface area (Å²) >= 11 is 0. The van der Waals surface area contributed by atoms with E-state index in [1.165, 1.54) is 11.1 Å². The van der Waals surface area contributed by atoms with Crippen molar-refractivity contribution in [3.8, 4) is 0 Å². The first kappa shape index (κ1) is 14.4. The summed E-state index contributed by atoms with van der Waals surface area (Å²) in [4.78, 5) is 12.4. The van der Waals surface area contributed by atoms with Crippen LogP contribution in [0.3, 0.4) is 0 Å². The Morgan fingerprint density at radius 3 is 2.62 bits per heavy atom. The van der Waals surface area contributed by atoms with Gasteiger partial charge in [-0.15, -0.1) is 0 Å². The van der Waals surface area contributed by atoms with Crippen LogP contribution in [0.15, 0.2) is 48.5 Å². The number of rotatable bonds is 4. The highest BCUT2D eigenvalue weighted by molar-refractivity contribution is 7.60. The first-order chi connectivity index (χ1) is 10.2. The van der Waals surface area contributed by atoms with Gasteiger partial charge in [-0.25, -0.2) is 0 Å². The van der Waals surface area contributed by atoms with Crippen LogP contribution in [0.2, 0.25) is 0 Å². The summed E-state index contributed by atoms with van der Waals surface area (Å²) < 4.78 is 5.76. The number of carbonyl (C=O) groups is 1. The topological polar surface area (TPSA) is 26.3 Å². The highest BCUT2D eigenvalue weighted by Gasteiger charge is 2.31. The fourth-order valence-corrected chi connectivity index (χ4v) is 4.71. The molecule has 0 heterocycles. The second-order valence-corrected chi connectivity index (χ2v) is 7.41. The molecule has 0 amide bonds. The number of benzene rings is 2. The summed E-state index contributed by atoms with van der Waals surface area (Å²) in [6, 6.07) is 16.5. The van der Waals surface area contributed by atoms with Crippen LogP contribution in [-0.4, -0.2) is 12.9 Å². The third kappa shape index (κ3) is 2.79. The van der Waals surface area contributed by atoms with E-state index < -0.39 is 8.15 Å². The predicted molar refractivity (Wildman–Crippen MR) is 87.3 cm³/mol. The van der Waals surface area contributed by atoms with Gasteiger partial charge in [0.15, 0.2) is 5.78 Å². The normalized spacial score (nSPS) is 18.6. The Bertz CT molecular complexity index is 652. The van der Waals surface area contributed by atoms with Crippen molar-refractivity contribution in [2.45, 2.75) is 19.5 Å². The lowest BCUT2D eigenvalue weighted by Crippen LogP contribution is -2.16. The lowest BCUT2D eigenvalue weighted by molar-refractivity contribution is 0.0947. The Balaban J connectivity index is 1.96. The van der Waals surface area contributed by atoms with Crippen molar-refractivity contribution in [1.82, 2.24) is 0 Å². The van der Waals surface area contributed by atoms with Crippen LogP contribution >= 0.6 is 8.15 Å². The fourth-order valence-electron chi connectivity index (χ4n) is 2.92. The standard InChI is InChI=1S/C18H19O2P/c1-13-11-15-9-6-10-16(17(15)18(13)19)21(20-2)12-14-7-4-3-5-8-14/h3-10,13H,11-12H2,1-2H3. The summed E-state index contributed by atoms with van der Waals surface area (Å²) in [7, 11) is 0.948. The average Bonchev–Trinajstić information content (AvgIpc) is 2.81. The van der Waals surface area contributed by atoms with E-state index in [9.17, 15) is 4.79 Å². The van der Waals surface area contributed by atoms with E-state index >= 15 is 0 Å². The van der Waals surface area contributed by atoms with Crippen LogP contribution in [0.1, 0.15) is 28.4 Å². The van der Waals surface area contributed by atoms with Crippen molar-refractivity contribution in [2.24, 2.45) is 5.92 Å². The average molecular weight is 298 g/mol. The number of fused-ring (bicyclic) bond motifs is 1. The van der Waals surface area contributed by atoms with Crippen LogP contribution in [0, 0.1) is 5.92 Å². The van der Waals surface area contributed by atoms with Gasteiger partial charge in [0.1, 0.15) is 0 Å². The molecule has 3 heteroatoms. The van der Waals surface area contributed by atoms with Gasteiger partial charge in [0.25, 0.3) is 0 Å². The van der Waals surface area contributed by atoms with E-state index in [2.05, 4.69) is 30.3 Å². The molecule has 2 nitrogen and oxygen atoms in total. The van der Waals surface area contributed by atoms with Gasteiger partial charge in [-0.3, -0.25) is 4.79 Å². The van der Waals surface area contributed by atoms with Crippen LogP contribution in [0.25, 0.3) is 0 Å². The van der Waals surface area contributed by atoms with Gasteiger partial charge in [0.05, 0.1) is 8.15 Å². The maximum Gasteiger partial charge on any atom is 0.167 e. The first-order valence-corrected chi connectivity index (χ1v) is 8.67. The number of carbonyl (C=O) groups excluding carboxylic acids is 1. The van der Waals surface area contributed by atoms with E-state index in [4.69, 9.17) is 4.52 Å². The van der Waals surface area contributed by atoms with Crippen molar-refractivity contribution < 1.29 is 9.32 Å². The molecule has 1 aliphatic rings. The van der Waals surface area contributed by atoms with Crippen molar-refractivity contribution in [3.63, 3.8) is 0 Å². The third-order valence-electron chi connectivity index (χ3n) is 4.01. The molecule has 0 bridgehead atoms. The first-order valence-electron chi connectivity index (χ1n) is 7.22. The second kappa shape index (κ2) is 6.09. The molecule has 0 N–H and O–H groups in total. The molecule has 21 heavy (non-hydrogen) atoms. The smallest absolute Gasteiger partial charge is 0.167 e. The molecular weight excluding hydrogens is 279 g/mol. The fraction of sp³-hybridized carbons (Fsp3) is 0.278. The molecule has 0 aliphatic heterocycles. The molecule has 2 atom stereocenters. The molecule has 0 saturated heterocycles.